The van der Waals surface area contributed by atoms with Crippen molar-refractivity contribution in [2.24, 2.45) is 5.92 Å². The predicted molar refractivity (Wildman–Crippen MR) is 65.8 cm³/mol. The summed E-state index contributed by atoms with van der Waals surface area (Å²) < 4.78 is 2.12. The molecule has 2 heterocycles. The van der Waals surface area contributed by atoms with Crippen molar-refractivity contribution in [2.45, 2.75) is 20.4 Å². The molecule has 0 spiro atoms. The third-order valence-electron chi connectivity index (χ3n) is 2.66. The number of rotatable bonds is 5. The van der Waals surface area contributed by atoms with Crippen LogP contribution in [0.15, 0.2) is 11.6 Å². The molecular formula is C11H17N3OS. The Labute approximate surface area is 98.9 Å². The van der Waals surface area contributed by atoms with Gasteiger partial charge in [0, 0.05) is 31.3 Å². The first-order valence-electron chi connectivity index (χ1n) is 5.45. The number of imidazole rings is 1. The summed E-state index contributed by atoms with van der Waals surface area (Å²) in [5.74, 6) is 0.297. The molecule has 0 aliphatic rings. The Morgan fingerprint density at radius 2 is 2.44 bits per heavy atom. The molecule has 0 aliphatic heterocycles. The van der Waals surface area contributed by atoms with E-state index >= 15 is 0 Å². The third-order valence-corrected chi connectivity index (χ3v) is 3.41. The number of thiazole rings is 1. The van der Waals surface area contributed by atoms with E-state index in [1.165, 1.54) is 5.69 Å². The van der Waals surface area contributed by atoms with Gasteiger partial charge in [-0.05, 0) is 12.8 Å². The van der Waals surface area contributed by atoms with E-state index in [0.29, 0.717) is 5.92 Å². The quantitative estimate of drug-likeness (QED) is 0.829. The number of hydrogen-bond acceptors (Lipinski definition) is 4. The van der Waals surface area contributed by atoms with Gasteiger partial charge in [-0.3, -0.25) is 4.40 Å². The Balaban J connectivity index is 2.03. The van der Waals surface area contributed by atoms with Crippen LogP contribution in [0.5, 0.6) is 0 Å². The highest BCUT2D eigenvalue weighted by Crippen LogP contribution is 2.16. The van der Waals surface area contributed by atoms with Gasteiger partial charge in [0.2, 0.25) is 0 Å². The van der Waals surface area contributed by atoms with Gasteiger partial charge in [0.25, 0.3) is 0 Å². The van der Waals surface area contributed by atoms with Crippen molar-refractivity contribution in [3.05, 3.63) is 23.0 Å². The summed E-state index contributed by atoms with van der Waals surface area (Å²) in [6.07, 6.45) is 2.05. The van der Waals surface area contributed by atoms with Crippen LogP contribution >= 0.6 is 11.3 Å². The number of aliphatic hydroxyl groups is 1. The fourth-order valence-corrected chi connectivity index (χ4v) is 2.43. The number of hydrogen-bond donors (Lipinski definition) is 2. The lowest BCUT2D eigenvalue weighted by molar-refractivity contribution is 0.233. The first kappa shape index (κ1) is 11.6. The van der Waals surface area contributed by atoms with E-state index in [0.717, 1.165) is 23.7 Å². The Bertz CT molecular complexity index is 463. The minimum Gasteiger partial charge on any atom is -0.396 e. The van der Waals surface area contributed by atoms with Crippen molar-refractivity contribution >= 4 is 16.3 Å². The fraction of sp³-hybridized carbons (Fsp3) is 0.545. The molecule has 2 aromatic rings. The number of aromatic nitrogens is 2. The first-order valence-corrected chi connectivity index (χ1v) is 6.33. The Morgan fingerprint density at radius 1 is 1.62 bits per heavy atom. The Kier molecular flexibility index (Phi) is 3.58. The normalized spacial score (nSPS) is 13.4. The van der Waals surface area contributed by atoms with Crippen molar-refractivity contribution in [3.63, 3.8) is 0 Å². The van der Waals surface area contributed by atoms with Crippen molar-refractivity contribution in [1.29, 1.82) is 0 Å². The molecule has 0 saturated carbocycles. The summed E-state index contributed by atoms with van der Waals surface area (Å²) in [7, 11) is 0. The van der Waals surface area contributed by atoms with Crippen LogP contribution in [0.4, 0.5) is 0 Å². The smallest absolute Gasteiger partial charge is 0.194 e. The van der Waals surface area contributed by atoms with Crippen LogP contribution in [0.3, 0.4) is 0 Å². The molecule has 0 saturated heterocycles. The van der Waals surface area contributed by atoms with E-state index in [4.69, 9.17) is 5.11 Å². The van der Waals surface area contributed by atoms with Gasteiger partial charge in [0.05, 0.1) is 11.4 Å². The zero-order valence-electron chi connectivity index (χ0n) is 9.60. The van der Waals surface area contributed by atoms with Crippen molar-refractivity contribution < 1.29 is 5.11 Å². The molecule has 2 aromatic heterocycles. The van der Waals surface area contributed by atoms with Gasteiger partial charge < -0.3 is 10.4 Å². The van der Waals surface area contributed by atoms with Gasteiger partial charge in [-0.25, -0.2) is 4.98 Å². The monoisotopic (exact) mass is 239 g/mol. The molecule has 0 radical (unpaired) electrons. The molecular weight excluding hydrogens is 222 g/mol. The molecule has 1 unspecified atom stereocenters. The second-order valence-corrected chi connectivity index (χ2v) is 4.99. The SMILES string of the molecule is Cc1nc2sccn2c1CNCC(C)CO. The second-order valence-electron chi connectivity index (χ2n) is 4.12. The van der Waals surface area contributed by atoms with Crippen LogP contribution < -0.4 is 5.32 Å². The summed E-state index contributed by atoms with van der Waals surface area (Å²) in [6, 6.07) is 0. The lowest BCUT2D eigenvalue weighted by Gasteiger charge is -2.09. The summed E-state index contributed by atoms with van der Waals surface area (Å²) >= 11 is 1.65. The molecule has 0 fully saturated rings. The molecule has 0 aromatic carbocycles. The molecule has 88 valence electrons. The first-order chi connectivity index (χ1) is 7.72. The highest BCUT2D eigenvalue weighted by Gasteiger charge is 2.09. The Hall–Kier alpha value is -0.910. The van der Waals surface area contributed by atoms with Crippen LogP contribution in [-0.4, -0.2) is 27.6 Å². The van der Waals surface area contributed by atoms with E-state index in [1.807, 2.05) is 25.4 Å². The molecule has 0 amide bonds. The van der Waals surface area contributed by atoms with E-state index in [-0.39, 0.29) is 6.61 Å². The minimum absolute atomic E-state index is 0.228. The summed E-state index contributed by atoms with van der Waals surface area (Å²) in [5, 5.41) is 14.3. The maximum atomic E-state index is 8.93. The Morgan fingerprint density at radius 3 is 3.19 bits per heavy atom. The van der Waals surface area contributed by atoms with Gasteiger partial charge >= 0.3 is 0 Å². The average Bonchev–Trinajstić information content (AvgIpc) is 2.81. The third kappa shape index (κ3) is 2.26. The summed E-state index contributed by atoms with van der Waals surface area (Å²) in [5.41, 5.74) is 2.29. The number of nitrogens with zero attached hydrogens (tertiary/aromatic N) is 2. The van der Waals surface area contributed by atoms with Crippen LogP contribution in [-0.2, 0) is 6.54 Å². The van der Waals surface area contributed by atoms with Crippen molar-refractivity contribution in [3.8, 4) is 0 Å². The zero-order valence-corrected chi connectivity index (χ0v) is 10.4. The standard InChI is InChI=1S/C11H17N3OS/c1-8(7-15)5-12-6-10-9(2)13-11-14(10)3-4-16-11/h3-4,8,12,15H,5-7H2,1-2H3. The predicted octanol–water partition coefficient (Wildman–Crippen LogP) is 1.42. The van der Waals surface area contributed by atoms with Gasteiger partial charge in [0.1, 0.15) is 0 Å². The lowest BCUT2D eigenvalue weighted by Crippen LogP contribution is -2.23. The van der Waals surface area contributed by atoms with E-state index < -0.39 is 0 Å². The molecule has 1 atom stereocenters. The van der Waals surface area contributed by atoms with Gasteiger partial charge in [0.15, 0.2) is 4.96 Å². The zero-order chi connectivity index (χ0) is 11.5. The van der Waals surface area contributed by atoms with Crippen LogP contribution in [0.25, 0.3) is 4.96 Å². The van der Waals surface area contributed by atoms with Crippen LogP contribution in [0.2, 0.25) is 0 Å². The van der Waals surface area contributed by atoms with E-state index in [9.17, 15) is 0 Å². The molecule has 0 bridgehead atoms. The maximum absolute atomic E-state index is 8.93. The highest BCUT2D eigenvalue weighted by molar-refractivity contribution is 7.15. The van der Waals surface area contributed by atoms with Gasteiger partial charge in [-0.1, -0.05) is 6.92 Å². The topological polar surface area (TPSA) is 49.6 Å². The largest absolute Gasteiger partial charge is 0.396 e. The van der Waals surface area contributed by atoms with Crippen LogP contribution in [0.1, 0.15) is 18.3 Å². The molecule has 5 heteroatoms. The minimum atomic E-state index is 0.228. The van der Waals surface area contributed by atoms with Crippen LogP contribution in [0, 0.1) is 12.8 Å². The summed E-state index contributed by atoms with van der Waals surface area (Å²) in [4.78, 5) is 5.53. The highest BCUT2D eigenvalue weighted by atomic mass is 32.1. The molecule has 4 nitrogen and oxygen atoms in total. The van der Waals surface area contributed by atoms with E-state index in [1.54, 1.807) is 11.3 Å². The molecule has 0 aliphatic carbocycles. The number of nitrogens with one attached hydrogen (secondary N) is 1. The van der Waals surface area contributed by atoms with Crippen molar-refractivity contribution in [1.82, 2.24) is 14.7 Å². The number of aliphatic hydroxyl groups excluding tert-OH is 1. The molecule has 16 heavy (non-hydrogen) atoms. The lowest BCUT2D eigenvalue weighted by atomic mass is 10.2. The molecule has 2 rings (SSSR count). The van der Waals surface area contributed by atoms with Gasteiger partial charge in [-0.15, -0.1) is 11.3 Å². The van der Waals surface area contributed by atoms with Crippen molar-refractivity contribution in [2.75, 3.05) is 13.2 Å². The van der Waals surface area contributed by atoms with E-state index in [2.05, 4.69) is 14.7 Å². The molecule has 2 N–H and O–H groups in total. The number of aryl methyl sites for hydroxylation is 1. The maximum Gasteiger partial charge on any atom is 0.194 e. The summed E-state index contributed by atoms with van der Waals surface area (Å²) in [6.45, 7) is 5.91. The van der Waals surface area contributed by atoms with Gasteiger partial charge in [-0.2, -0.15) is 0 Å². The second kappa shape index (κ2) is 4.95. The average molecular weight is 239 g/mol. The fourth-order valence-electron chi connectivity index (χ4n) is 1.66. The number of fused-ring (bicyclic) bond motifs is 1.